The zero-order valence-corrected chi connectivity index (χ0v) is 11.3. The lowest BCUT2D eigenvalue weighted by Gasteiger charge is -2.09. The molecular weight excluding hydrogens is 287 g/mol. The van der Waals surface area contributed by atoms with Crippen molar-refractivity contribution in [1.82, 2.24) is 0 Å². The van der Waals surface area contributed by atoms with Crippen LogP contribution in [0.2, 0.25) is 0 Å². The van der Waals surface area contributed by atoms with E-state index in [0.29, 0.717) is 11.3 Å². The van der Waals surface area contributed by atoms with E-state index in [1.165, 1.54) is 0 Å². The summed E-state index contributed by atoms with van der Waals surface area (Å²) >= 11 is 0. The summed E-state index contributed by atoms with van der Waals surface area (Å²) in [4.78, 5) is 11.4. The summed E-state index contributed by atoms with van der Waals surface area (Å²) in [5, 5.41) is 11.0. The molecule has 0 aliphatic carbocycles. The first kappa shape index (κ1) is 17.0. The molecule has 0 aliphatic rings. The summed E-state index contributed by atoms with van der Waals surface area (Å²) in [5.74, 6) is 4.56. The monoisotopic (exact) mass is 301 g/mol. The van der Waals surface area contributed by atoms with Crippen LogP contribution in [0.5, 0.6) is 0 Å². The zero-order chi connectivity index (χ0) is 15.9. The highest BCUT2D eigenvalue weighted by Crippen LogP contribution is 2.16. The van der Waals surface area contributed by atoms with Crippen LogP contribution in [0.1, 0.15) is 11.1 Å². The second kappa shape index (κ2) is 7.67. The van der Waals surface area contributed by atoms with Gasteiger partial charge >= 0.3 is 6.18 Å². The summed E-state index contributed by atoms with van der Waals surface area (Å²) < 4.78 is 39.8. The highest BCUT2D eigenvalue weighted by atomic mass is 19.4. The first-order chi connectivity index (χ1) is 9.81. The Balaban J connectivity index is 2.55. The molecule has 0 aromatic heterocycles. The third-order valence-corrected chi connectivity index (χ3v) is 2.31. The summed E-state index contributed by atoms with van der Waals surface area (Å²) in [6, 6.07) is 4.84. The molecule has 0 unspecified atom stereocenters. The number of ether oxygens (including phenoxy) is 1. The van der Waals surface area contributed by atoms with Crippen molar-refractivity contribution in [2.45, 2.75) is 13.1 Å². The van der Waals surface area contributed by atoms with Crippen LogP contribution in [0, 0.1) is 18.8 Å². The van der Waals surface area contributed by atoms with Gasteiger partial charge in [0.2, 0.25) is 5.91 Å². The van der Waals surface area contributed by atoms with Crippen molar-refractivity contribution >= 4 is 11.6 Å². The van der Waals surface area contributed by atoms with Crippen molar-refractivity contribution < 1.29 is 27.8 Å². The number of aryl methyl sites for hydroxylation is 1. The number of carbonyl (C=O) groups is 1. The van der Waals surface area contributed by atoms with Gasteiger partial charge in [-0.2, -0.15) is 13.2 Å². The molecule has 0 saturated heterocycles. The molecule has 2 N–H and O–H groups in total. The fourth-order valence-corrected chi connectivity index (χ4v) is 1.47. The predicted molar refractivity (Wildman–Crippen MR) is 70.6 cm³/mol. The molecule has 0 heterocycles. The van der Waals surface area contributed by atoms with E-state index in [4.69, 9.17) is 5.11 Å². The zero-order valence-electron chi connectivity index (χ0n) is 11.3. The number of carbonyl (C=O) groups excluding carboxylic acids is 1. The van der Waals surface area contributed by atoms with Gasteiger partial charge in [-0.05, 0) is 30.7 Å². The van der Waals surface area contributed by atoms with Gasteiger partial charge in [0, 0.05) is 11.3 Å². The van der Waals surface area contributed by atoms with Gasteiger partial charge in [0.25, 0.3) is 0 Å². The maximum Gasteiger partial charge on any atom is 0.411 e. The van der Waals surface area contributed by atoms with E-state index in [2.05, 4.69) is 21.9 Å². The van der Waals surface area contributed by atoms with E-state index in [0.717, 1.165) is 5.56 Å². The number of benzene rings is 1. The first-order valence-corrected chi connectivity index (χ1v) is 5.96. The normalized spacial score (nSPS) is 10.7. The second-order valence-corrected chi connectivity index (χ2v) is 4.15. The van der Waals surface area contributed by atoms with Crippen molar-refractivity contribution in [2.75, 3.05) is 25.1 Å². The molecule has 7 heteroatoms. The predicted octanol–water partition coefficient (Wildman–Crippen LogP) is 1.86. The average molecular weight is 301 g/mol. The standard InChI is InChI=1S/C14H14F3NO3/c1-10-7-12(5-4-11(10)3-2-6-19)18-13(20)8-21-9-14(15,16)17/h4-5,7,19H,6,8-9H2,1H3,(H,18,20). The Bertz CT molecular complexity index is 559. The third kappa shape index (κ3) is 6.79. The van der Waals surface area contributed by atoms with Crippen LogP contribution in [-0.2, 0) is 9.53 Å². The van der Waals surface area contributed by atoms with Crippen LogP contribution in [0.3, 0.4) is 0 Å². The third-order valence-electron chi connectivity index (χ3n) is 2.31. The van der Waals surface area contributed by atoms with Gasteiger partial charge in [0.1, 0.15) is 19.8 Å². The van der Waals surface area contributed by atoms with E-state index in [9.17, 15) is 18.0 Å². The number of amides is 1. The number of halogens is 3. The summed E-state index contributed by atoms with van der Waals surface area (Å²) in [6.07, 6.45) is -4.45. The maximum atomic E-state index is 11.8. The van der Waals surface area contributed by atoms with Gasteiger partial charge in [-0.3, -0.25) is 4.79 Å². The van der Waals surface area contributed by atoms with Gasteiger partial charge in [-0.1, -0.05) is 11.8 Å². The minimum atomic E-state index is -4.45. The number of alkyl halides is 3. The van der Waals surface area contributed by atoms with Gasteiger partial charge in [-0.15, -0.1) is 0 Å². The second-order valence-electron chi connectivity index (χ2n) is 4.15. The molecule has 1 rings (SSSR count). The highest BCUT2D eigenvalue weighted by Gasteiger charge is 2.27. The Morgan fingerprint density at radius 2 is 2.14 bits per heavy atom. The number of hydrogen-bond donors (Lipinski definition) is 2. The number of anilines is 1. The van der Waals surface area contributed by atoms with Gasteiger partial charge < -0.3 is 15.2 Å². The molecule has 0 atom stereocenters. The van der Waals surface area contributed by atoms with E-state index in [1.807, 2.05) is 0 Å². The molecule has 1 amide bonds. The number of hydrogen-bond acceptors (Lipinski definition) is 3. The van der Waals surface area contributed by atoms with E-state index in [1.54, 1.807) is 25.1 Å². The molecular formula is C14H14F3NO3. The minimum Gasteiger partial charge on any atom is -0.384 e. The van der Waals surface area contributed by atoms with Crippen molar-refractivity contribution in [3.8, 4) is 11.8 Å². The van der Waals surface area contributed by atoms with Crippen LogP contribution in [0.15, 0.2) is 18.2 Å². The minimum absolute atomic E-state index is 0.255. The fraction of sp³-hybridized carbons (Fsp3) is 0.357. The lowest BCUT2D eigenvalue weighted by molar-refractivity contribution is -0.174. The van der Waals surface area contributed by atoms with Crippen LogP contribution in [-0.4, -0.2) is 37.0 Å². The lowest BCUT2D eigenvalue weighted by Crippen LogP contribution is -2.24. The highest BCUT2D eigenvalue weighted by molar-refractivity contribution is 5.91. The molecule has 0 spiro atoms. The Morgan fingerprint density at radius 1 is 1.43 bits per heavy atom. The van der Waals surface area contributed by atoms with Gasteiger partial charge in [0.15, 0.2) is 0 Å². The molecule has 0 bridgehead atoms. The lowest BCUT2D eigenvalue weighted by atomic mass is 10.1. The number of rotatable bonds is 4. The van der Waals surface area contributed by atoms with E-state index in [-0.39, 0.29) is 6.61 Å². The summed E-state index contributed by atoms with van der Waals surface area (Å²) in [5.41, 5.74) is 1.89. The topological polar surface area (TPSA) is 58.6 Å². The molecule has 0 aliphatic heterocycles. The molecule has 1 aromatic rings. The van der Waals surface area contributed by atoms with E-state index < -0.39 is 25.3 Å². The molecule has 0 fully saturated rings. The van der Waals surface area contributed by atoms with E-state index >= 15 is 0 Å². The Kier molecular flexibility index (Phi) is 6.21. The smallest absolute Gasteiger partial charge is 0.384 e. The van der Waals surface area contributed by atoms with Crippen molar-refractivity contribution in [1.29, 1.82) is 0 Å². The quantitative estimate of drug-likeness (QED) is 0.835. The first-order valence-electron chi connectivity index (χ1n) is 5.96. The van der Waals surface area contributed by atoms with Crippen LogP contribution in [0.25, 0.3) is 0 Å². The molecule has 1 aromatic carbocycles. The molecule has 0 saturated carbocycles. The number of aliphatic hydroxyl groups excluding tert-OH is 1. The number of nitrogens with one attached hydrogen (secondary N) is 1. The molecule has 114 valence electrons. The average Bonchev–Trinajstić information content (AvgIpc) is 2.36. The maximum absolute atomic E-state index is 11.8. The Morgan fingerprint density at radius 3 is 2.71 bits per heavy atom. The van der Waals surface area contributed by atoms with Crippen molar-refractivity contribution in [3.05, 3.63) is 29.3 Å². The SMILES string of the molecule is Cc1cc(NC(=O)COCC(F)(F)F)ccc1C#CCO. The van der Waals surface area contributed by atoms with Crippen molar-refractivity contribution in [3.63, 3.8) is 0 Å². The fourth-order valence-electron chi connectivity index (χ4n) is 1.47. The number of aliphatic hydroxyl groups is 1. The Hall–Kier alpha value is -2.04. The summed E-state index contributed by atoms with van der Waals surface area (Å²) in [6.45, 7) is -0.634. The van der Waals surface area contributed by atoms with Crippen LogP contribution in [0.4, 0.5) is 18.9 Å². The Labute approximate surface area is 119 Å². The van der Waals surface area contributed by atoms with Crippen LogP contribution >= 0.6 is 0 Å². The molecule has 4 nitrogen and oxygen atoms in total. The largest absolute Gasteiger partial charge is 0.411 e. The molecule has 21 heavy (non-hydrogen) atoms. The van der Waals surface area contributed by atoms with Crippen LogP contribution < -0.4 is 5.32 Å². The molecule has 0 radical (unpaired) electrons. The van der Waals surface area contributed by atoms with Gasteiger partial charge in [0.05, 0.1) is 0 Å². The summed E-state index contributed by atoms with van der Waals surface area (Å²) in [7, 11) is 0. The van der Waals surface area contributed by atoms with Crippen molar-refractivity contribution in [2.24, 2.45) is 0 Å². The van der Waals surface area contributed by atoms with Gasteiger partial charge in [-0.25, -0.2) is 0 Å².